The van der Waals surface area contributed by atoms with E-state index in [2.05, 4.69) is 48.3 Å². The number of nitrogens with one attached hydrogen (secondary N) is 1. The second kappa shape index (κ2) is 9.70. The van der Waals surface area contributed by atoms with Crippen molar-refractivity contribution in [2.45, 2.75) is 37.5 Å². The van der Waals surface area contributed by atoms with Gasteiger partial charge in [0.15, 0.2) is 0 Å². The van der Waals surface area contributed by atoms with Gasteiger partial charge in [0.05, 0.1) is 19.8 Å². The zero-order valence-corrected chi connectivity index (χ0v) is 16.1. The number of hydrogen-bond donors (Lipinski definition) is 2. The molecule has 4 nitrogen and oxygen atoms in total. The van der Waals surface area contributed by atoms with Crippen molar-refractivity contribution in [3.8, 4) is 5.75 Å². The molecule has 3 N–H and O–H groups in total. The average molecular weight is 367 g/mol. The Bertz CT molecular complexity index is 732. The van der Waals surface area contributed by atoms with Crippen LogP contribution >= 0.6 is 0 Å². The topological polar surface area (TPSA) is 56.5 Å². The fourth-order valence-electron chi connectivity index (χ4n) is 3.74. The second-order valence-electron chi connectivity index (χ2n) is 7.09. The summed E-state index contributed by atoms with van der Waals surface area (Å²) in [6.07, 6.45) is 4.65. The van der Waals surface area contributed by atoms with Crippen LogP contribution in [0.5, 0.6) is 5.75 Å². The van der Waals surface area contributed by atoms with Gasteiger partial charge in [0.2, 0.25) is 0 Å². The molecule has 0 saturated carbocycles. The maximum Gasteiger partial charge on any atom is 0.119 e. The molecule has 0 heterocycles. The minimum absolute atomic E-state index is 0.0967. The van der Waals surface area contributed by atoms with Crippen LogP contribution in [0.4, 0.5) is 0 Å². The highest BCUT2D eigenvalue weighted by atomic mass is 16.5. The minimum Gasteiger partial charge on any atom is -0.497 e. The number of benzene rings is 2. The quantitative estimate of drug-likeness (QED) is 0.626. The lowest BCUT2D eigenvalue weighted by atomic mass is 10.0. The van der Waals surface area contributed by atoms with Crippen LogP contribution in [0.25, 0.3) is 0 Å². The molecule has 144 valence electrons. The SMILES string of the molecule is C=CCO[C@@H]1C[C@H](NCC[C@@H](N)Cc2ccccc2)c2cc(OC)ccc21. The summed E-state index contributed by atoms with van der Waals surface area (Å²) in [4.78, 5) is 0. The summed E-state index contributed by atoms with van der Waals surface area (Å²) < 4.78 is 11.4. The normalized spacial score (nSPS) is 19.5. The van der Waals surface area contributed by atoms with Crippen molar-refractivity contribution < 1.29 is 9.47 Å². The zero-order chi connectivity index (χ0) is 19.1. The number of methoxy groups -OCH3 is 1. The zero-order valence-electron chi connectivity index (χ0n) is 16.1. The molecule has 0 aliphatic heterocycles. The van der Waals surface area contributed by atoms with E-state index in [0.717, 1.165) is 31.6 Å². The van der Waals surface area contributed by atoms with Crippen LogP contribution in [0.15, 0.2) is 61.2 Å². The highest BCUT2D eigenvalue weighted by molar-refractivity contribution is 5.42. The summed E-state index contributed by atoms with van der Waals surface area (Å²) in [6.45, 7) is 5.19. The number of rotatable bonds is 10. The largest absolute Gasteiger partial charge is 0.497 e. The number of nitrogens with two attached hydrogens (primary N) is 1. The van der Waals surface area contributed by atoms with Gasteiger partial charge in [0, 0.05) is 12.1 Å². The van der Waals surface area contributed by atoms with Gasteiger partial charge < -0.3 is 20.5 Å². The Kier molecular flexibility index (Phi) is 7.04. The summed E-state index contributed by atoms with van der Waals surface area (Å²) in [5, 5.41) is 3.67. The predicted molar refractivity (Wildman–Crippen MR) is 110 cm³/mol. The van der Waals surface area contributed by atoms with E-state index in [9.17, 15) is 0 Å². The number of ether oxygens (including phenoxy) is 2. The van der Waals surface area contributed by atoms with Gasteiger partial charge in [-0.2, -0.15) is 0 Å². The first-order chi connectivity index (χ1) is 13.2. The predicted octanol–water partition coefficient (Wildman–Crippen LogP) is 3.93. The maximum atomic E-state index is 6.33. The van der Waals surface area contributed by atoms with Gasteiger partial charge in [0.1, 0.15) is 5.75 Å². The molecule has 0 spiro atoms. The van der Waals surface area contributed by atoms with E-state index in [4.69, 9.17) is 15.2 Å². The third-order valence-corrected chi connectivity index (χ3v) is 5.13. The lowest BCUT2D eigenvalue weighted by Crippen LogP contribution is -2.30. The van der Waals surface area contributed by atoms with E-state index >= 15 is 0 Å². The van der Waals surface area contributed by atoms with Crippen LogP contribution in [0.3, 0.4) is 0 Å². The summed E-state index contributed by atoms with van der Waals surface area (Å²) >= 11 is 0. The first kappa shape index (κ1) is 19.6. The molecule has 0 amide bonds. The smallest absolute Gasteiger partial charge is 0.119 e. The van der Waals surface area contributed by atoms with Crippen molar-refractivity contribution in [3.63, 3.8) is 0 Å². The molecule has 1 aliphatic carbocycles. The molecule has 0 aromatic heterocycles. The minimum atomic E-state index is 0.0967. The fourth-order valence-corrected chi connectivity index (χ4v) is 3.74. The molecule has 0 fully saturated rings. The lowest BCUT2D eigenvalue weighted by molar-refractivity contribution is 0.0699. The van der Waals surface area contributed by atoms with E-state index in [1.54, 1.807) is 13.2 Å². The Labute approximate surface area is 162 Å². The van der Waals surface area contributed by atoms with E-state index in [-0.39, 0.29) is 18.2 Å². The van der Waals surface area contributed by atoms with Crippen LogP contribution < -0.4 is 15.8 Å². The molecule has 2 aromatic carbocycles. The number of hydrogen-bond acceptors (Lipinski definition) is 4. The van der Waals surface area contributed by atoms with Crippen molar-refractivity contribution in [2.24, 2.45) is 5.73 Å². The van der Waals surface area contributed by atoms with Crippen molar-refractivity contribution >= 4 is 0 Å². The molecule has 0 unspecified atom stereocenters. The molecule has 3 rings (SSSR count). The monoisotopic (exact) mass is 366 g/mol. The van der Waals surface area contributed by atoms with Crippen LogP contribution in [0.2, 0.25) is 0 Å². The Morgan fingerprint density at radius 2 is 2.04 bits per heavy atom. The molecule has 27 heavy (non-hydrogen) atoms. The summed E-state index contributed by atoms with van der Waals surface area (Å²) in [7, 11) is 1.70. The van der Waals surface area contributed by atoms with Gasteiger partial charge in [0.25, 0.3) is 0 Å². The highest BCUT2D eigenvalue weighted by Crippen LogP contribution is 2.42. The molecule has 1 aliphatic rings. The van der Waals surface area contributed by atoms with Crippen LogP contribution in [-0.4, -0.2) is 26.3 Å². The van der Waals surface area contributed by atoms with Crippen LogP contribution in [-0.2, 0) is 11.2 Å². The van der Waals surface area contributed by atoms with Crippen molar-refractivity contribution in [1.29, 1.82) is 0 Å². The summed E-state index contributed by atoms with van der Waals surface area (Å²) in [5.74, 6) is 0.880. The van der Waals surface area contributed by atoms with E-state index in [1.165, 1.54) is 16.7 Å². The summed E-state index contributed by atoms with van der Waals surface area (Å²) in [5.41, 5.74) is 10.1. The fraction of sp³-hybridized carbons (Fsp3) is 0.391. The van der Waals surface area contributed by atoms with Gasteiger partial charge >= 0.3 is 0 Å². The standard InChI is InChI=1S/C23H30N2O2/c1-3-13-27-23-16-22(21-15-19(26-2)9-10-20(21)23)25-12-11-18(24)14-17-7-5-4-6-8-17/h3-10,15,18,22-23,25H,1,11-14,16,24H2,2H3/t18-,22+,23-/m1/s1. The first-order valence-electron chi connectivity index (χ1n) is 9.64. The van der Waals surface area contributed by atoms with E-state index < -0.39 is 0 Å². The third-order valence-electron chi connectivity index (χ3n) is 5.13. The molecule has 0 saturated heterocycles. The molecule has 0 bridgehead atoms. The highest BCUT2D eigenvalue weighted by Gasteiger charge is 2.31. The summed E-state index contributed by atoms with van der Waals surface area (Å²) in [6, 6.07) is 17.1. The van der Waals surface area contributed by atoms with Gasteiger partial charge in [-0.25, -0.2) is 0 Å². The van der Waals surface area contributed by atoms with Gasteiger partial charge in [-0.3, -0.25) is 0 Å². The second-order valence-corrected chi connectivity index (χ2v) is 7.09. The first-order valence-corrected chi connectivity index (χ1v) is 9.64. The number of fused-ring (bicyclic) bond motifs is 1. The lowest BCUT2D eigenvalue weighted by Gasteiger charge is -2.17. The van der Waals surface area contributed by atoms with Gasteiger partial charge in [-0.05, 0) is 54.6 Å². The average Bonchev–Trinajstić information content (AvgIpc) is 3.04. The Balaban J connectivity index is 1.57. The molecular weight excluding hydrogens is 336 g/mol. The van der Waals surface area contributed by atoms with E-state index in [0.29, 0.717) is 6.61 Å². The molecule has 2 aromatic rings. The third kappa shape index (κ3) is 5.19. The molecule has 3 atom stereocenters. The molecular formula is C23H30N2O2. The Hall–Kier alpha value is -2.14. The van der Waals surface area contributed by atoms with Gasteiger partial charge in [-0.1, -0.05) is 42.5 Å². The van der Waals surface area contributed by atoms with E-state index in [1.807, 2.05) is 12.1 Å². The van der Waals surface area contributed by atoms with Crippen LogP contribution in [0, 0.1) is 0 Å². The maximum absolute atomic E-state index is 6.33. The van der Waals surface area contributed by atoms with Crippen molar-refractivity contribution in [3.05, 3.63) is 77.9 Å². The Morgan fingerprint density at radius 3 is 2.78 bits per heavy atom. The van der Waals surface area contributed by atoms with Crippen LogP contribution in [0.1, 0.15) is 41.7 Å². The Morgan fingerprint density at radius 1 is 1.22 bits per heavy atom. The molecule has 0 radical (unpaired) electrons. The van der Waals surface area contributed by atoms with Crippen molar-refractivity contribution in [2.75, 3.05) is 20.3 Å². The molecule has 4 heteroatoms. The van der Waals surface area contributed by atoms with Gasteiger partial charge in [-0.15, -0.1) is 6.58 Å². The van der Waals surface area contributed by atoms with Crippen molar-refractivity contribution in [1.82, 2.24) is 5.32 Å².